The van der Waals surface area contributed by atoms with Crippen molar-refractivity contribution in [3.63, 3.8) is 0 Å². The Morgan fingerprint density at radius 1 is 1.52 bits per heavy atom. The summed E-state index contributed by atoms with van der Waals surface area (Å²) in [5.74, 6) is -1.35. The lowest BCUT2D eigenvalue weighted by atomic mass is 9.85. The molecule has 0 spiro atoms. The van der Waals surface area contributed by atoms with Crippen LogP contribution in [-0.2, 0) is 14.3 Å². The number of halogens is 1. The zero-order valence-electron chi connectivity index (χ0n) is 11.5. The van der Waals surface area contributed by atoms with E-state index in [9.17, 15) is 14.7 Å². The van der Waals surface area contributed by atoms with Gasteiger partial charge in [-0.2, -0.15) is 0 Å². The zero-order chi connectivity index (χ0) is 15.5. The molecule has 1 fully saturated rings. The Balaban J connectivity index is 2.00. The fourth-order valence-corrected chi connectivity index (χ4v) is 2.29. The lowest BCUT2D eigenvalue weighted by molar-refractivity contribution is -0.148. The minimum atomic E-state index is -1.10. The van der Waals surface area contributed by atoms with Gasteiger partial charge >= 0.3 is 5.97 Å². The number of carboxylic acids is 1. The first-order chi connectivity index (χ1) is 9.91. The van der Waals surface area contributed by atoms with Gasteiger partial charge in [0.05, 0.1) is 19.3 Å². The van der Waals surface area contributed by atoms with E-state index in [2.05, 4.69) is 5.32 Å². The standard InChI is InChI=1S/C15H16ClNO4/c1-15(14(19)20)9-21-8-12(15)17-13(18)6-5-10-3-2-4-11(16)7-10/h2-7,12H,8-9H2,1H3,(H,17,18)(H,19,20). The summed E-state index contributed by atoms with van der Waals surface area (Å²) in [6.07, 6.45) is 2.97. The lowest BCUT2D eigenvalue weighted by Gasteiger charge is -2.24. The van der Waals surface area contributed by atoms with Gasteiger partial charge in [-0.15, -0.1) is 0 Å². The van der Waals surface area contributed by atoms with Gasteiger partial charge in [0.2, 0.25) is 5.91 Å². The molecule has 2 atom stereocenters. The summed E-state index contributed by atoms with van der Waals surface area (Å²) in [6.45, 7) is 1.85. The van der Waals surface area contributed by atoms with Crippen LogP contribution in [0.15, 0.2) is 30.3 Å². The van der Waals surface area contributed by atoms with Crippen LogP contribution < -0.4 is 5.32 Å². The minimum absolute atomic E-state index is 0.0886. The van der Waals surface area contributed by atoms with Crippen LogP contribution >= 0.6 is 11.6 Å². The van der Waals surface area contributed by atoms with E-state index in [0.29, 0.717) is 5.02 Å². The molecule has 0 radical (unpaired) electrons. The Morgan fingerprint density at radius 2 is 2.29 bits per heavy atom. The van der Waals surface area contributed by atoms with E-state index in [1.54, 1.807) is 31.2 Å². The van der Waals surface area contributed by atoms with Crippen molar-refractivity contribution in [1.29, 1.82) is 0 Å². The number of hydrogen-bond donors (Lipinski definition) is 2. The summed E-state index contributed by atoms with van der Waals surface area (Å²) in [5, 5.41) is 12.5. The molecule has 6 heteroatoms. The van der Waals surface area contributed by atoms with Crippen molar-refractivity contribution in [2.75, 3.05) is 13.2 Å². The van der Waals surface area contributed by atoms with E-state index in [1.807, 2.05) is 6.07 Å². The Kier molecular flexibility index (Phi) is 4.65. The highest BCUT2D eigenvalue weighted by Gasteiger charge is 2.47. The van der Waals surface area contributed by atoms with Gasteiger partial charge in [-0.05, 0) is 30.7 Å². The number of benzene rings is 1. The Labute approximate surface area is 127 Å². The van der Waals surface area contributed by atoms with Crippen LogP contribution in [0.25, 0.3) is 6.08 Å². The summed E-state index contributed by atoms with van der Waals surface area (Å²) in [5.41, 5.74) is -0.305. The van der Waals surface area contributed by atoms with Crippen LogP contribution in [0.4, 0.5) is 0 Å². The highest BCUT2D eigenvalue weighted by molar-refractivity contribution is 6.30. The number of carbonyl (C=O) groups is 2. The van der Waals surface area contributed by atoms with Crippen LogP contribution in [0.3, 0.4) is 0 Å². The van der Waals surface area contributed by atoms with Crippen molar-refractivity contribution in [3.8, 4) is 0 Å². The number of carbonyl (C=O) groups excluding carboxylic acids is 1. The second-order valence-electron chi connectivity index (χ2n) is 5.19. The van der Waals surface area contributed by atoms with Crippen molar-refractivity contribution in [1.82, 2.24) is 5.32 Å². The van der Waals surface area contributed by atoms with Crippen LogP contribution in [0.2, 0.25) is 5.02 Å². The van der Waals surface area contributed by atoms with Crippen molar-refractivity contribution in [2.24, 2.45) is 5.41 Å². The normalized spacial score (nSPS) is 25.1. The zero-order valence-corrected chi connectivity index (χ0v) is 12.3. The van der Waals surface area contributed by atoms with Crippen LogP contribution in [0, 0.1) is 5.41 Å². The maximum absolute atomic E-state index is 11.9. The summed E-state index contributed by atoms with van der Waals surface area (Å²) >= 11 is 5.85. The fraction of sp³-hybridized carbons (Fsp3) is 0.333. The number of aliphatic carboxylic acids is 1. The van der Waals surface area contributed by atoms with E-state index in [4.69, 9.17) is 16.3 Å². The molecule has 0 saturated carbocycles. The van der Waals surface area contributed by atoms with Crippen molar-refractivity contribution in [2.45, 2.75) is 13.0 Å². The molecule has 1 aromatic carbocycles. The molecule has 1 heterocycles. The largest absolute Gasteiger partial charge is 0.481 e. The van der Waals surface area contributed by atoms with Gasteiger partial charge in [0.15, 0.2) is 0 Å². The fourth-order valence-electron chi connectivity index (χ4n) is 2.09. The topological polar surface area (TPSA) is 75.6 Å². The third-order valence-electron chi connectivity index (χ3n) is 3.54. The summed E-state index contributed by atoms with van der Waals surface area (Å²) in [6, 6.07) is 6.52. The highest BCUT2D eigenvalue weighted by atomic mass is 35.5. The number of ether oxygens (including phenoxy) is 1. The van der Waals surface area contributed by atoms with Crippen LogP contribution in [0.5, 0.6) is 0 Å². The molecule has 2 N–H and O–H groups in total. The van der Waals surface area contributed by atoms with E-state index in [0.717, 1.165) is 5.56 Å². The third-order valence-corrected chi connectivity index (χ3v) is 3.77. The molecule has 2 rings (SSSR count). The van der Waals surface area contributed by atoms with Crippen molar-refractivity contribution in [3.05, 3.63) is 40.9 Å². The van der Waals surface area contributed by atoms with Gasteiger partial charge in [-0.1, -0.05) is 23.7 Å². The predicted octanol–water partition coefficient (Wildman–Crippen LogP) is 1.96. The first-order valence-electron chi connectivity index (χ1n) is 6.47. The Morgan fingerprint density at radius 3 is 2.95 bits per heavy atom. The molecular weight excluding hydrogens is 294 g/mol. The average molecular weight is 310 g/mol. The van der Waals surface area contributed by atoms with Crippen LogP contribution in [0.1, 0.15) is 12.5 Å². The van der Waals surface area contributed by atoms with Gasteiger partial charge in [-0.3, -0.25) is 9.59 Å². The van der Waals surface area contributed by atoms with Gasteiger partial charge in [-0.25, -0.2) is 0 Å². The van der Waals surface area contributed by atoms with E-state index < -0.39 is 17.4 Å². The molecule has 1 saturated heterocycles. The SMILES string of the molecule is CC1(C(=O)O)COCC1NC(=O)C=Cc1cccc(Cl)c1. The minimum Gasteiger partial charge on any atom is -0.481 e. The first kappa shape index (κ1) is 15.5. The van der Waals surface area contributed by atoms with Gasteiger partial charge in [0.25, 0.3) is 0 Å². The van der Waals surface area contributed by atoms with Gasteiger partial charge in [0, 0.05) is 11.1 Å². The average Bonchev–Trinajstić information content (AvgIpc) is 2.79. The molecule has 0 aliphatic carbocycles. The van der Waals surface area contributed by atoms with E-state index in [1.165, 1.54) is 6.08 Å². The second kappa shape index (κ2) is 6.28. The second-order valence-corrected chi connectivity index (χ2v) is 5.62. The molecule has 2 unspecified atom stereocenters. The molecule has 1 aromatic rings. The van der Waals surface area contributed by atoms with Gasteiger partial charge < -0.3 is 15.2 Å². The molecule has 21 heavy (non-hydrogen) atoms. The molecule has 1 aliphatic rings. The third kappa shape index (κ3) is 3.62. The monoisotopic (exact) mass is 309 g/mol. The first-order valence-corrected chi connectivity index (χ1v) is 6.85. The van der Waals surface area contributed by atoms with Gasteiger partial charge in [0.1, 0.15) is 5.41 Å². The maximum Gasteiger partial charge on any atom is 0.313 e. The molecular formula is C15H16ClNO4. The van der Waals surface area contributed by atoms with Crippen molar-refractivity contribution >= 4 is 29.6 Å². The molecule has 1 aliphatic heterocycles. The number of hydrogen-bond acceptors (Lipinski definition) is 3. The smallest absolute Gasteiger partial charge is 0.313 e. The number of amides is 1. The number of rotatable bonds is 4. The highest BCUT2D eigenvalue weighted by Crippen LogP contribution is 2.28. The number of carboxylic acid groups (broad SMARTS) is 1. The lowest BCUT2D eigenvalue weighted by Crippen LogP contribution is -2.49. The van der Waals surface area contributed by atoms with E-state index >= 15 is 0 Å². The summed E-state index contributed by atoms with van der Waals surface area (Å²) in [4.78, 5) is 23.2. The molecule has 1 amide bonds. The molecule has 0 aromatic heterocycles. The van der Waals surface area contributed by atoms with E-state index in [-0.39, 0.29) is 19.1 Å². The summed E-state index contributed by atoms with van der Waals surface area (Å²) < 4.78 is 5.18. The number of nitrogens with one attached hydrogen (secondary N) is 1. The maximum atomic E-state index is 11.9. The quantitative estimate of drug-likeness (QED) is 0.834. The van der Waals surface area contributed by atoms with Crippen molar-refractivity contribution < 1.29 is 19.4 Å². The molecule has 5 nitrogen and oxygen atoms in total. The van der Waals surface area contributed by atoms with Crippen LogP contribution in [-0.4, -0.2) is 36.2 Å². The summed E-state index contributed by atoms with van der Waals surface area (Å²) in [7, 11) is 0. The Hall–Kier alpha value is -1.85. The molecule has 112 valence electrons. The Bertz CT molecular complexity index is 587. The molecule has 0 bridgehead atoms. The predicted molar refractivity (Wildman–Crippen MR) is 79.0 cm³/mol.